The average molecular weight is 101 g/mol. The molecule has 6 heavy (non-hydrogen) atoms. The van der Waals surface area contributed by atoms with Gasteiger partial charge in [0.1, 0.15) is 0 Å². The second-order valence-corrected chi connectivity index (χ2v) is 1.39. The zero-order chi connectivity index (χ0) is 5.58. The summed E-state index contributed by atoms with van der Waals surface area (Å²) < 4.78 is 8.28. The minimum absolute atomic E-state index is 0.583. The van der Waals surface area contributed by atoms with Crippen LogP contribution >= 0.6 is 0 Å². The van der Waals surface area contributed by atoms with E-state index in [0.717, 1.165) is 0 Å². The SMILES string of the molecule is [CH2]C(C)C.[O]=[AlH]. The zero-order valence-electron chi connectivity index (χ0n) is 4.40. The molecule has 0 aromatic rings. The fourth-order valence-electron chi connectivity index (χ4n) is 0. The van der Waals surface area contributed by atoms with Crippen molar-refractivity contribution < 1.29 is 3.80 Å². The van der Waals surface area contributed by atoms with Crippen molar-refractivity contribution in [3.05, 3.63) is 6.92 Å². The Labute approximate surface area is 47.4 Å². The van der Waals surface area contributed by atoms with E-state index < -0.39 is 0 Å². The van der Waals surface area contributed by atoms with E-state index in [1.54, 1.807) is 0 Å². The Morgan fingerprint density at radius 2 is 1.50 bits per heavy atom. The number of hydrogen-bond donors (Lipinski definition) is 0. The van der Waals surface area contributed by atoms with E-state index in [1.165, 1.54) is 0 Å². The first-order chi connectivity index (χ1) is 2.73. The van der Waals surface area contributed by atoms with Gasteiger partial charge in [0, 0.05) is 0 Å². The Balaban J connectivity index is 0. The van der Waals surface area contributed by atoms with Gasteiger partial charge in [0.2, 0.25) is 0 Å². The summed E-state index contributed by atoms with van der Waals surface area (Å²) in [7, 11) is 0. The maximum atomic E-state index is 8.28. The third kappa shape index (κ3) is 435. The summed E-state index contributed by atoms with van der Waals surface area (Å²) in [6.45, 7) is 7.75. The summed E-state index contributed by atoms with van der Waals surface area (Å²) in [6.07, 6.45) is 0. The summed E-state index contributed by atoms with van der Waals surface area (Å²) in [5.74, 6) is 0.583. The summed E-state index contributed by atoms with van der Waals surface area (Å²) in [5, 5.41) is 0. The molecule has 0 fully saturated rings. The van der Waals surface area contributed by atoms with Crippen LogP contribution in [0.3, 0.4) is 0 Å². The van der Waals surface area contributed by atoms with Crippen molar-refractivity contribution in [2.24, 2.45) is 5.92 Å². The van der Waals surface area contributed by atoms with Gasteiger partial charge in [-0.1, -0.05) is 20.8 Å². The minimum atomic E-state index is 0.583. The van der Waals surface area contributed by atoms with E-state index in [1.807, 2.05) is 0 Å². The van der Waals surface area contributed by atoms with E-state index in [4.69, 9.17) is 3.80 Å². The summed E-state index contributed by atoms with van der Waals surface area (Å²) in [4.78, 5) is 0. The van der Waals surface area contributed by atoms with Gasteiger partial charge < -0.3 is 0 Å². The van der Waals surface area contributed by atoms with Crippen LogP contribution in [0.1, 0.15) is 13.8 Å². The van der Waals surface area contributed by atoms with Crippen LogP contribution in [0.15, 0.2) is 0 Å². The maximum absolute atomic E-state index is 8.28. The molecule has 0 amide bonds. The van der Waals surface area contributed by atoms with Crippen LogP contribution in [-0.2, 0) is 3.80 Å². The molecule has 1 nitrogen and oxygen atoms in total. The van der Waals surface area contributed by atoms with Gasteiger partial charge in [-0.3, -0.25) is 0 Å². The molecule has 1 radical (unpaired) electrons. The Hall–Kier alpha value is 0.332. The van der Waals surface area contributed by atoms with Gasteiger partial charge in [0.25, 0.3) is 0 Å². The molecule has 2 heteroatoms. The van der Waals surface area contributed by atoms with Crippen LogP contribution in [0, 0.1) is 12.8 Å². The monoisotopic (exact) mass is 101 g/mol. The molecule has 0 aromatic carbocycles. The topological polar surface area (TPSA) is 17.1 Å². The number of hydrogen-bond acceptors (Lipinski definition) is 1. The molecular weight excluding hydrogens is 91.0 g/mol. The van der Waals surface area contributed by atoms with Crippen molar-refractivity contribution in [2.45, 2.75) is 13.8 Å². The van der Waals surface area contributed by atoms with Crippen molar-refractivity contribution in [2.75, 3.05) is 0 Å². The second kappa shape index (κ2) is 9.01. The molecule has 0 rings (SSSR count). The second-order valence-electron chi connectivity index (χ2n) is 1.39. The molecule has 0 bridgehead atoms. The van der Waals surface area contributed by atoms with E-state index >= 15 is 0 Å². The molecule has 0 saturated carbocycles. The molecule has 0 aliphatic heterocycles. The van der Waals surface area contributed by atoms with Crippen molar-refractivity contribution in [3.63, 3.8) is 0 Å². The predicted octanol–water partition coefficient (Wildman–Crippen LogP) is 0.709. The molecule has 0 aliphatic rings. The predicted molar refractivity (Wildman–Crippen MR) is 28.0 cm³/mol. The molecular formula is C4H10AlO. The summed E-state index contributed by atoms with van der Waals surface area (Å²) >= 11 is 0.611. The van der Waals surface area contributed by atoms with Crippen LogP contribution in [0.5, 0.6) is 0 Å². The average Bonchev–Trinajstić information content (AvgIpc) is 1.41. The molecule has 0 saturated heterocycles. The fourth-order valence-corrected chi connectivity index (χ4v) is 0. The molecule has 0 aliphatic carbocycles. The van der Waals surface area contributed by atoms with Crippen LogP contribution < -0.4 is 0 Å². The van der Waals surface area contributed by atoms with Gasteiger partial charge >= 0.3 is 20.0 Å². The van der Waals surface area contributed by atoms with Crippen molar-refractivity contribution in [1.82, 2.24) is 0 Å². The molecule has 0 heterocycles. The van der Waals surface area contributed by atoms with Gasteiger partial charge in [0.05, 0.1) is 0 Å². The number of rotatable bonds is 0. The molecule has 0 N–H and O–H groups in total. The third-order valence-corrected chi connectivity index (χ3v) is 0. The fraction of sp³-hybridized carbons (Fsp3) is 0.750. The zero-order valence-corrected chi connectivity index (χ0v) is 5.81. The summed E-state index contributed by atoms with van der Waals surface area (Å²) in [5.41, 5.74) is 0. The summed E-state index contributed by atoms with van der Waals surface area (Å²) in [6, 6.07) is 0. The van der Waals surface area contributed by atoms with Crippen molar-refractivity contribution >= 4 is 16.2 Å². The molecule has 35 valence electrons. The van der Waals surface area contributed by atoms with Gasteiger partial charge in [-0.15, -0.1) is 0 Å². The first-order valence-corrected chi connectivity index (χ1v) is 2.43. The Kier molecular flexibility index (Phi) is 14.4. The van der Waals surface area contributed by atoms with E-state index in [0.29, 0.717) is 22.1 Å². The van der Waals surface area contributed by atoms with Gasteiger partial charge in [0.15, 0.2) is 0 Å². The first kappa shape index (κ1) is 9.59. The van der Waals surface area contributed by atoms with E-state index in [-0.39, 0.29) is 0 Å². The van der Waals surface area contributed by atoms with Crippen LogP contribution in [-0.4, -0.2) is 16.2 Å². The standard InChI is InChI=1S/C4H9.Al.O.H/c1-4(2)3;;;/h4H,1H2,2-3H3;;;. The van der Waals surface area contributed by atoms with Crippen LogP contribution in [0.4, 0.5) is 0 Å². The van der Waals surface area contributed by atoms with Crippen LogP contribution in [0.2, 0.25) is 0 Å². The third-order valence-electron chi connectivity index (χ3n) is 0. The van der Waals surface area contributed by atoms with Gasteiger partial charge in [-0.05, 0) is 5.92 Å². The first-order valence-electron chi connectivity index (χ1n) is 1.85. The molecule has 0 spiro atoms. The normalized spacial score (nSPS) is 6.50. The molecule has 0 aromatic heterocycles. The van der Waals surface area contributed by atoms with Crippen LogP contribution in [0.25, 0.3) is 0 Å². The Bertz CT molecular complexity index is 18.8. The van der Waals surface area contributed by atoms with E-state index in [9.17, 15) is 0 Å². The van der Waals surface area contributed by atoms with Gasteiger partial charge in [-0.2, -0.15) is 0 Å². The van der Waals surface area contributed by atoms with Gasteiger partial charge in [-0.25, -0.2) is 0 Å². The quantitative estimate of drug-likeness (QED) is 0.411. The van der Waals surface area contributed by atoms with Crippen molar-refractivity contribution in [1.29, 1.82) is 0 Å². The van der Waals surface area contributed by atoms with E-state index in [2.05, 4.69) is 20.8 Å². The Morgan fingerprint density at radius 1 is 1.50 bits per heavy atom. The Morgan fingerprint density at radius 3 is 1.50 bits per heavy atom. The molecule has 0 unspecified atom stereocenters. The molecule has 0 atom stereocenters. The van der Waals surface area contributed by atoms with Crippen molar-refractivity contribution in [3.8, 4) is 0 Å².